The van der Waals surface area contributed by atoms with Crippen molar-refractivity contribution in [2.24, 2.45) is 0 Å². The van der Waals surface area contributed by atoms with Gasteiger partial charge in [0.05, 0.1) is 12.7 Å². The zero-order chi connectivity index (χ0) is 11.9. The Morgan fingerprint density at radius 2 is 2.18 bits per heavy atom. The second-order valence-corrected chi connectivity index (χ2v) is 4.49. The number of para-hydroxylation sites is 1. The van der Waals surface area contributed by atoms with Crippen LogP contribution in [0.5, 0.6) is 0 Å². The molecule has 1 N–H and O–H groups in total. The average Bonchev–Trinajstić information content (AvgIpc) is 2.40. The molecular weight excluding hydrogens is 212 g/mol. The van der Waals surface area contributed by atoms with Gasteiger partial charge in [0.1, 0.15) is 0 Å². The summed E-state index contributed by atoms with van der Waals surface area (Å²) in [7, 11) is 0. The van der Waals surface area contributed by atoms with Crippen molar-refractivity contribution in [2.45, 2.75) is 19.4 Å². The average molecular weight is 234 g/mol. The van der Waals surface area contributed by atoms with Gasteiger partial charge in [-0.25, -0.2) is 0 Å². The molecule has 0 saturated carbocycles. The molecule has 1 aliphatic rings. The molecule has 1 saturated heterocycles. The lowest BCUT2D eigenvalue weighted by Gasteiger charge is -2.32. The van der Waals surface area contributed by atoms with E-state index in [4.69, 9.17) is 4.74 Å². The first-order valence-electron chi connectivity index (χ1n) is 6.51. The number of nitrogens with zero attached hydrogens (tertiary/aromatic N) is 1. The van der Waals surface area contributed by atoms with Crippen LogP contribution in [0.25, 0.3) is 0 Å². The second-order valence-electron chi connectivity index (χ2n) is 4.49. The highest BCUT2D eigenvalue weighted by atomic mass is 16.5. The van der Waals surface area contributed by atoms with Crippen LogP contribution in [0.4, 0.5) is 5.69 Å². The van der Waals surface area contributed by atoms with Gasteiger partial charge in [-0.1, -0.05) is 25.1 Å². The van der Waals surface area contributed by atoms with Crippen LogP contribution >= 0.6 is 0 Å². The van der Waals surface area contributed by atoms with Gasteiger partial charge in [0.15, 0.2) is 0 Å². The number of morpholine rings is 1. The van der Waals surface area contributed by atoms with Crippen molar-refractivity contribution in [3.8, 4) is 0 Å². The first-order valence-corrected chi connectivity index (χ1v) is 6.51. The van der Waals surface area contributed by atoms with E-state index < -0.39 is 0 Å². The lowest BCUT2D eigenvalue weighted by molar-refractivity contribution is -0.0282. The SMILES string of the molecule is CCC1CN(CCNc2ccccc2)CCO1. The Labute approximate surface area is 104 Å². The maximum atomic E-state index is 5.66. The molecule has 3 nitrogen and oxygen atoms in total. The minimum absolute atomic E-state index is 0.431. The van der Waals surface area contributed by atoms with E-state index in [1.807, 2.05) is 6.07 Å². The van der Waals surface area contributed by atoms with Gasteiger partial charge in [0.2, 0.25) is 0 Å². The Bertz CT molecular complexity index is 315. The quantitative estimate of drug-likeness (QED) is 0.845. The number of rotatable bonds is 5. The lowest BCUT2D eigenvalue weighted by Crippen LogP contribution is -2.43. The van der Waals surface area contributed by atoms with Crippen LogP contribution in [-0.4, -0.2) is 43.8 Å². The molecule has 0 aliphatic carbocycles. The summed E-state index contributed by atoms with van der Waals surface area (Å²) in [6.07, 6.45) is 1.54. The van der Waals surface area contributed by atoms with Crippen molar-refractivity contribution in [3.05, 3.63) is 30.3 Å². The van der Waals surface area contributed by atoms with Crippen molar-refractivity contribution >= 4 is 5.69 Å². The summed E-state index contributed by atoms with van der Waals surface area (Å²) in [6.45, 7) is 7.30. The number of ether oxygens (including phenoxy) is 1. The maximum Gasteiger partial charge on any atom is 0.0700 e. The summed E-state index contributed by atoms with van der Waals surface area (Å²) in [5, 5.41) is 3.44. The molecule has 0 spiro atoms. The fraction of sp³-hybridized carbons (Fsp3) is 0.571. The second kappa shape index (κ2) is 6.62. The summed E-state index contributed by atoms with van der Waals surface area (Å²) in [6, 6.07) is 10.4. The van der Waals surface area contributed by atoms with Crippen LogP contribution in [0.2, 0.25) is 0 Å². The van der Waals surface area contributed by atoms with Gasteiger partial charge < -0.3 is 10.1 Å². The van der Waals surface area contributed by atoms with Crippen LogP contribution < -0.4 is 5.32 Å². The molecule has 1 aliphatic heterocycles. The highest BCUT2D eigenvalue weighted by molar-refractivity contribution is 5.42. The molecule has 1 fully saturated rings. The Kier molecular flexibility index (Phi) is 4.83. The maximum absolute atomic E-state index is 5.66. The minimum atomic E-state index is 0.431. The molecular formula is C14H22N2O. The summed E-state index contributed by atoms with van der Waals surface area (Å²) in [5.74, 6) is 0. The van der Waals surface area contributed by atoms with E-state index in [9.17, 15) is 0 Å². The Morgan fingerprint density at radius 1 is 1.35 bits per heavy atom. The van der Waals surface area contributed by atoms with E-state index in [0.717, 1.165) is 39.2 Å². The molecule has 1 heterocycles. The van der Waals surface area contributed by atoms with Gasteiger partial charge >= 0.3 is 0 Å². The first-order chi connectivity index (χ1) is 8.38. The van der Waals surface area contributed by atoms with Gasteiger partial charge in [-0.15, -0.1) is 0 Å². The highest BCUT2D eigenvalue weighted by Crippen LogP contribution is 2.08. The third-order valence-corrected chi connectivity index (χ3v) is 3.21. The third-order valence-electron chi connectivity index (χ3n) is 3.21. The molecule has 0 aromatic heterocycles. The van der Waals surface area contributed by atoms with Crippen LogP contribution in [0.3, 0.4) is 0 Å². The summed E-state index contributed by atoms with van der Waals surface area (Å²) in [4.78, 5) is 2.48. The Balaban J connectivity index is 1.68. The molecule has 0 bridgehead atoms. The van der Waals surface area contributed by atoms with E-state index >= 15 is 0 Å². The van der Waals surface area contributed by atoms with Crippen LogP contribution in [-0.2, 0) is 4.74 Å². The van der Waals surface area contributed by atoms with E-state index in [2.05, 4.69) is 41.4 Å². The number of nitrogens with one attached hydrogen (secondary N) is 1. The van der Waals surface area contributed by atoms with Gasteiger partial charge in [-0.3, -0.25) is 4.90 Å². The number of hydrogen-bond acceptors (Lipinski definition) is 3. The molecule has 0 radical (unpaired) electrons. The van der Waals surface area contributed by atoms with Crippen molar-refractivity contribution in [3.63, 3.8) is 0 Å². The van der Waals surface area contributed by atoms with Gasteiger partial charge in [-0.05, 0) is 18.6 Å². The van der Waals surface area contributed by atoms with E-state index in [-0.39, 0.29) is 0 Å². The van der Waals surface area contributed by atoms with Gasteiger partial charge in [0, 0.05) is 31.9 Å². The van der Waals surface area contributed by atoms with Gasteiger partial charge in [0.25, 0.3) is 0 Å². The molecule has 0 amide bonds. The van der Waals surface area contributed by atoms with E-state index in [1.165, 1.54) is 5.69 Å². The van der Waals surface area contributed by atoms with Crippen LogP contribution in [0, 0.1) is 0 Å². The standard InChI is InChI=1S/C14H22N2O/c1-2-14-12-16(10-11-17-14)9-8-15-13-6-4-3-5-7-13/h3-7,14-15H,2,8-12H2,1H3. The lowest BCUT2D eigenvalue weighted by atomic mass is 10.2. The topological polar surface area (TPSA) is 24.5 Å². The minimum Gasteiger partial charge on any atom is -0.384 e. The predicted octanol–water partition coefficient (Wildman–Crippen LogP) is 2.21. The Hall–Kier alpha value is -1.06. The molecule has 2 rings (SSSR count). The zero-order valence-electron chi connectivity index (χ0n) is 10.6. The number of benzene rings is 1. The monoisotopic (exact) mass is 234 g/mol. The smallest absolute Gasteiger partial charge is 0.0700 e. The van der Waals surface area contributed by atoms with Crippen molar-refractivity contribution in [1.29, 1.82) is 0 Å². The zero-order valence-corrected chi connectivity index (χ0v) is 10.6. The molecule has 94 valence electrons. The molecule has 1 unspecified atom stereocenters. The fourth-order valence-corrected chi connectivity index (χ4v) is 2.14. The number of hydrogen-bond donors (Lipinski definition) is 1. The van der Waals surface area contributed by atoms with Crippen molar-refractivity contribution < 1.29 is 4.74 Å². The van der Waals surface area contributed by atoms with Crippen molar-refractivity contribution in [1.82, 2.24) is 4.90 Å². The molecule has 1 aromatic rings. The number of anilines is 1. The van der Waals surface area contributed by atoms with E-state index in [0.29, 0.717) is 6.10 Å². The third kappa shape index (κ3) is 4.02. The first kappa shape index (κ1) is 12.4. The van der Waals surface area contributed by atoms with Gasteiger partial charge in [-0.2, -0.15) is 0 Å². The van der Waals surface area contributed by atoms with E-state index in [1.54, 1.807) is 0 Å². The fourth-order valence-electron chi connectivity index (χ4n) is 2.14. The molecule has 1 atom stereocenters. The largest absolute Gasteiger partial charge is 0.384 e. The normalized spacial score (nSPS) is 21.4. The van der Waals surface area contributed by atoms with Crippen LogP contribution in [0.15, 0.2) is 30.3 Å². The summed E-state index contributed by atoms with van der Waals surface area (Å²) >= 11 is 0. The summed E-state index contributed by atoms with van der Waals surface area (Å²) < 4.78 is 5.66. The highest BCUT2D eigenvalue weighted by Gasteiger charge is 2.17. The predicted molar refractivity (Wildman–Crippen MR) is 71.4 cm³/mol. The van der Waals surface area contributed by atoms with Crippen molar-refractivity contribution in [2.75, 3.05) is 38.1 Å². The molecule has 17 heavy (non-hydrogen) atoms. The summed E-state index contributed by atoms with van der Waals surface area (Å²) in [5.41, 5.74) is 1.20. The van der Waals surface area contributed by atoms with Crippen LogP contribution in [0.1, 0.15) is 13.3 Å². The molecule has 3 heteroatoms. The Morgan fingerprint density at radius 3 is 2.94 bits per heavy atom. The molecule has 1 aromatic carbocycles.